The minimum Gasteiger partial charge on any atom is -0.332 e. The molecule has 24 heavy (non-hydrogen) atoms. The van der Waals surface area contributed by atoms with E-state index in [0.717, 1.165) is 17.7 Å². The summed E-state index contributed by atoms with van der Waals surface area (Å²) in [5, 5.41) is 6.69. The number of para-hydroxylation sites is 1. The summed E-state index contributed by atoms with van der Waals surface area (Å²) in [7, 11) is 0. The molecule has 6 heteroatoms. The van der Waals surface area contributed by atoms with Crippen molar-refractivity contribution in [2.24, 2.45) is 0 Å². The van der Waals surface area contributed by atoms with Gasteiger partial charge in [-0.1, -0.05) is 55.2 Å². The van der Waals surface area contributed by atoms with Crippen LogP contribution in [-0.4, -0.2) is 11.0 Å². The number of amides is 1. The number of hydrogen-bond acceptors (Lipinski definition) is 2. The highest BCUT2D eigenvalue weighted by Gasteiger charge is 2.14. The molecule has 0 heterocycles. The molecule has 0 bridgehead atoms. The van der Waals surface area contributed by atoms with E-state index in [1.54, 1.807) is 12.1 Å². The largest absolute Gasteiger partial charge is 0.332 e. The van der Waals surface area contributed by atoms with Gasteiger partial charge in [0.05, 0.1) is 10.6 Å². The zero-order chi connectivity index (χ0) is 17.7. The van der Waals surface area contributed by atoms with Crippen LogP contribution in [0.1, 0.15) is 42.1 Å². The van der Waals surface area contributed by atoms with Crippen LogP contribution in [0.15, 0.2) is 42.5 Å². The van der Waals surface area contributed by atoms with Crippen LogP contribution in [0.2, 0.25) is 10.0 Å². The van der Waals surface area contributed by atoms with E-state index in [-0.39, 0.29) is 10.7 Å². The molecule has 0 spiro atoms. The van der Waals surface area contributed by atoms with Crippen molar-refractivity contribution >= 4 is 52.1 Å². The molecule has 2 N–H and O–H groups in total. The van der Waals surface area contributed by atoms with Crippen molar-refractivity contribution in [3.63, 3.8) is 0 Å². The summed E-state index contributed by atoms with van der Waals surface area (Å²) >= 11 is 17.2. The van der Waals surface area contributed by atoms with E-state index in [1.165, 1.54) is 6.07 Å². The van der Waals surface area contributed by atoms with Crippen molar-refractivity contribution in [1.29, 1.82) is 0 Å². The van der Waals surface area contributed by atoms with Gasteiger partial charge in [0.25, 0.3) is 5.91 Å². The first kappa shape index (κ1) is 18.7. The van der Waals surface area contributed by atoms with Crippen LogP contribution in [-0.2, 0) is 0 Å². The van der Waals surface area contributed by atoms with Gasteiger partial charge in [-0.15, -0.1) is 0 Å². The molecule has 0 fully saturated rings. The summed E-state index contributed by atoms with van der Waals surface area (Å²) in [6.45, 7) is 4.27. The Labute approximate surface area is 157 Å². The number of thiocarbonyl (C=S) groups is 1. The number of nitrogens with one attached hydrogen (secondary N) is 2. The first-order valence-electron chi connectivity index (χ1n) is 7.58. The minimum absolute atomic E-state index is 0.215. The molecule has 0 aliphatic carbocycles. The number of hydrogen-bond donors (Lipinski definition) is 2. The first-order chi connectivity index (χ1) is 11.4. The van der Waals surface area contributed by atoms with Gasteiger partial charge in [-0.05, 0) is 54.4 Å². The standard InChI is InChI=1S/C18H18Cl2N2OS/c1-3-11(2)13-6-4-5-7-16(13)21-18(24)22-17(23)14-10-12(19)8-9-15(14)20/h4-11H,3H2,1-2H3,(H2,21,22,23,24). The highest BCUT2D eigenvalue weighted by atomic mass is 35.5. The van der Waals surface area contributed by atoms with Crippen molar-refractivity contribution in [2.75, 3.05) is 5.32 Å². The number of benzene rings is 2. The van der Waals surface area contributed by atoms with Gasteiger partial charge in [-0.3, -0.25) is 10.1 Å². The monoisotopic (exact) mass is 380 g/mol. The maximum absolute atomic E-state index is 12.3. The fourth-order valence-corrected chi connectivity index (χ4v) is 2.83. The topological polar surface area (TPSA) is 41.1 Å². The lowest BCUT2D eigenvalue weighted by Crippen LogP contribution is -2.34. The number of rotatable bonds is 4. The molecule has 0 radical (unpaired) electrons. The van der Waals surface area contributed by atoms with E-state index >= 15 is 0 Å². The van der Waals surface area contributed by atoms with Crippen molar-refractivity contribution in [2.45, 2.75) is 26.2 Å². The highest BCUT2D eigenvalue weighted by molar-refractivity contribution is 7.80. The summed E-state index contributed by atoms with van der Waals surface area (Å²) in [5.41, 5.74) is 2.32. The second kappa shape index (κ2) is 8.47. The Hall–Kier alpha value is -1.62. The van der Waals surface area contributed by atoms with Gasteiger partial charge in [0, 0.05) is 10.7 Å². The lowest BCUT2D eigenvalue weighted by molar-refractivity contribution is 0.0978. The van der Waals surface area contributed by atoms with E-state index in [4.69, 9.17) is 35.4 Å². The van der Waals surface area contributed by atoms with Crippen molar-refractivity contribution in [3.8, 4) is 0 Å². The molecule has 0 aliphatic rings. The second-order valence-corrected chi connectivity index (χ2v) is 6.68. The Balaban J connectivity index is 2.11. The molecule has 2 rings (SSSR count). The molecule has 0 aliphatic heterocycles. The van der Waals surface area contributed by atoms with Crippen LogP contribution < -0.4 is 10.6 Å². The Morgan fingerprint density at radius 2 is 1.92 bits per heavy atom. The summed E-state index contributed by atoms with van der Waals surface area (Å²) in [5.74, 6) is -0.0180. The van der Waals surface area contributed by atoms with Gasteiger partial charge in [0.15, 0.2) is 5.11 Å². The maximum atomic E-state index is 12.3. The van der Waals surface area contributed by atoms with Gasteiger partial charge >= 0.3 is 0 Å². The molecule has 0 saturated carbocycles. The third-order valence-corrected chi connectivity index (χ3v) is 4.52. The molecule has 2 aromatic carbocycles. The number of carbonyl (C=O) groups is 1. The SMILES string of the molecule is CCC(C)c1ccccc1NC(=S)NC(=O)c1cc(Cl)ccc1Cl. The van der Waals surface area contributed by atoms with E-state index in [2.05, 4.69) is 30.5 Å². The lowest BCUT2D eigenvalue weighted by atomic mass is 9.97. The molecule has 0 saturated heterocycles. The molecule has 1 atom stereocenters. The van der Waals surface area contributed by atoms with Crippen LogP contribution in [0.25, 0.3) is 0 Å². The zero-order valence-corrected chi connectivity index (χ0v) is 15.7. The predicted octanol–water partition coefficient (Wildman–Crippen LogP) is 5.63. The summed E-state index contributed by atoms with van der Waals surface area (Å²) < 4.78 is 0. The average molecular weight is 381 g/mol. The Bertz CT molecular complexity index is 764. The van der Waals surface area contributed by atoms with E-state index in [0.29, 0.717) is 16.0 Å². The van der Waals surface area contributed by atoms with Crippen molar-refractivity contribution in [1.82, 2.24) is 5.32 Å². The Morgan fingerprint density at radius 3 is 2.62 bits per heavy atom. The Morgan fingerprint density at radius 1 is 1.21 bits per heavy atom. The van der Waals surface area contributed by atoms with E-state index in [9.17, 15) is 4.79 Å². The number of halogens is 2. The van der Waals surface area contributed by atoms with E-state index in [1.807, 2.05) is 18.2 Å². The smallest absolute Gasteiger partial charge is 0.258 e. The van der Waals surface area contributed by atoms with Gasteiger partial charge in [0.2, 0.25) is 0 Å². The maximum Gasteiger partial charge on any atom is 0.258 e. The van der Waals surface area contributed by atoms with Crippen LogP contribution >= 0.6 is 35.4 Å². The van der Waals surface area contributed by atoms with Crippen LogP contribution in [0.5, 0.6) is 0 Å². The third-order valence-electron chi connectivity index (χ3n) is 3.75. The van der Waals surface area contributed by atoms with Crippen molar-refractivity contribution in [3.05, 3.63) is 63.6 Å². The van der Waals surface area contributed by atoms with Gasteiger partial charge < -0.3 is 5.32 Å². The van der Waals surface area contributed by atoms with Gasteiger partial charge in [0.1, 0.15) is 0 Å². The molecule has 0 aromatic heterocycles. The molecule has 126 valence electrons. The molecule has 2 aromatic rings. The number of anilines is 1. The third kappa shape index (κ3) is 4.69. The fraction of sp³-hybridized carbons (Fsp3) is 0.222. The normalized spacial score (nSPS) is 11.7. The average Bonchev–Trinajstić information content (AvgIpc) is 2.56. The van der Waals surface area contributed by atoms with Crippen LogP contribution in [0.4, 0.5) is 5.69 Å². The minimum atomic E-state index is -0.402. The van der Waals surface area contributed by atoms with Crippen LogP contribution in [0.3, 0.4) is 0 Å². The van der Waals surface area contributed by atoms with Crippen LogP contribution in [0, 0.1) is 0 Å². The molecule has 1 amide bonds. The van der Waals surface area contributed by atoms with E-state index < -0.39 is 5.91 Å². The Kier molecular flexibility index (Phi) is 6.60. The van der Waals surface area contributed by atoms with Crippen molar-refractivity contribution < 1.29 is 4.79 Å². The summed E-state index contributed by atoms with van der Waals surface area (Å²) in [6.07, 6.45) is 1.01. The predicted molar refractivity (Wildman–Crippen MR) is 105 cm³/mol. The molecule has 3 nitrogen and oxygen atoms in total. The lowest BCUT2D eigenvalue weighted by Gasteiger charge is -2.17. The number of carbonyl (C=O) groups excluding carboxylic acids is 1. The molecular formula is C18H18Cl2N2OS. The highest BCUT2D eigenvalue weighted by Crippen LogP contribution is 2.26. The molecule has 1 unspecified atom stereocenters. The molecular weight excluding hydrogens is 363 g/mol. The summed E-state index contributed by atoms with van der Waals surface area (Å²) in [4.78, 5) is 12.3. The fourth-order valence-electron chi connectivity index (χ4n) is 2.26. The zero-order valence-electron chi connectivity index (χ0n) is 13.4. The van der Waals surface area contributed by atoms with Gasteiger partial charge in [-0.2, -0.15) is 0 Å². The summed E-state index contributed by atoms with van der Waals surface area (Å²) in [6, 6.07) is 12.6. The quantitative estimate of drug-likeness (QED) is 0.674. The second-order valence-electron chi connectivity index (χ2n) is 5.43. The first-order valence-corrected chi connectivity index (χ1v) is 8.75. The van der Waals surface area contributed by atoms with Gasteiger partial charge in [-0.25, -0.2) is 0 Å².